The molecule has 27 heavy (non-hydrogen) atoms. The van der Waals surface area contributed by atoms with Crippen LogP contribution in [0.3, 0.4) is 0 Å². The Balaban J connectivity index is 1.48. The Bertz CT molecular complexity index is 990. The zero-order valence-corrected chi connectivity index (χ0v) is 15.8. The highest BCUT2D eigenvalue weighted by Crippen LogP contribution is 2.31. The normalized spacial score (nSPS) is 15.4. The van der Waals surface area contributed by atoms with Crippen LogP contribution in [0.2, 0.25) is 0 Å². The first kappa shape index (κ1) is 17.5. The maximum Gasteiger partial charge on any atom is 0.270 e. The quantitative estimate of drug-likeness (QED) is 0.712. The number of para-hydroxylation sites is 2. The summed E-state index contributed by atoms with van der Waals surface area (Å²) in [6.07, 6.45) is 1.63. The number of nitrogens with one attached hydrogen (secondary N) is 1. The van der Waals surface area contributed by atoms with Gasteiger partial charge < -0.3 is 14.3 Å². The van der Waals surface area contributed by atoms with E-state index in [2.05, 4.69) is 9.97 Å². The number of piperidine rings is 1. The maximum atomic E-state index is 12.9. The molecule has 0 atom stereocenters. The summed E-state index contributed by atoms with van der Waals surface area (Å²) in [6.45, 7) is 6.49. The predicted molar refractivity (Wildman–Crippen MR) is 102 cm³/mol. The van der Waals surface area contributed by atoms with Crippen molar-refractivity contribution >= 4 is 22.8 Å². The van der Waals surface area contributed by atoms with Crippen LogP contribution in [0.4, 0.5) is 0 Å². The largest absolute Gasteiger partial charge is 0.440 e. The third-order valence-electron chi connectivity index (χ3n) is 5.45. The molecule has 4 rings (SSSR count). The molecule has 1 aliphatic rings. The minimum atomic E-state index is -0.0425. The molecule has 0 bridgehead atoms. The van der Waals surface area contributed by atoms with Gasteiger partial charge in [-0.3, -0.25) is 9.59 Å². The fraction of sp³-hybridized carbons (Fsp3) is 0.381. The first-order valence-electron chi connectivity index (χ1n) is 9.30. The van der Waals surface area contributed by atoms with Crippen molar-refractivity contribution in [1.29, 1.82) is 0 Å². The Hall–Kier alpha value is -2.89. The maximum absolute atomic E-state index is 12.9. The predicted octanol–water partition coefficient (Wildman–Crippen LogP) is 4.00. The lowest BCUT2D eigenvalue weighted by atomic mass is 9.96. The lowest BCUT2D eigenvalue weighted by Gasteiger charge is -2.30. The number of fused-ring (bicyclic) bond motifs is 1. The minimum absolute atomic E-state index is 0.0185. The molecule has 0 unspecified atom stereocenters. The van der Waals surface area contributed by atoms with Crippen LogP contribution in [-0.4, -0.2) is 39.6 Å². The number of H-pyrrole nitrogens is 1. The molecule has 6 heteroatoms. The van der Waals surface area contributed by atoms with Gasteiger partial charge in [-0.05, 0) is 51.3 Å². The molecule has 0 spiro atoms. The van der Waals surface area contributed by atoms with Crippen molar-refractivity contribution in [3.8, 4) is 0 Å². The minimum Gasteiger partial charge on any atom is -0.440 e. The zero-order valence-electron chi connectivity index (χ0n) is 15.8. The zero-order chi connectivity index (χ0) is 19.1. The van der Waals surface area contributed by atoms with Crippen molar-refractivity contribution in [2.75, 3.05) is 13.1 Å². The topological polar surface area (TPSA) is 79.2 Å². The van der Waals surface area contributed by atoms with Gasteiger partial charge in [0.2, 0.25) is 0 Å². The molecule has 3 heterocycles. The molecule has 2 aromatic heterocycles. The number of hydrogen-bond donors (Lipinski definition) is 1. The van der Waals surface area contributed by atoms with Crippen LogP contribution in [0.15, 0.2) is 28.7 Å². The number of carbonyl (C=O) groups excluding carboxylic acids is 2. The van der Waals surface area contributed by atoms with Crippen molar-refractivity contribution in [3.05, 3.63) is 52.7 Å². The third-order valence-corrected chi connectivity index (χ3v) is 5.45. The number of ketones is 1. The van der Waals surface area contributed by atoms with Gasteiger partial charge in [-0.15, -0.1) is 0 Å². The first-order chi connectivity index (χ1) is 13.0. The summed E-state index contributed by atoms with van der Waals surface area (Å²) in [4.78, 5) is 34.3. The summed E-state index contributed by atoms with van der Waals surface area (Å²) < 4.78 is 5.89. The van der Waals surface area contributed by atoms with Crippen molar-refractivity contribution in [3.63, 3.8) is 0 Å². The van der Waals surface area contributed by atoms with Crippen molar-refractivity contribution in [1.82, 2.24) is 14.9 Å². The van der Waals surface area contributed by atoms with E-state index in [1.165, 1.54) is 6.92 Å². The average molecular weight is 365 g/mol. The van der Waals surface area contributed by atoms with Gasteiger partial charge in [-0.25, -0.2) is 4.98 Å². The summed E-state index contributed by atoms with van der Waals surface area (Å²) in [5.74, 6) is 0.920. The molecule has 3 aromatic rings. The van der Waals surface area contributed by atoms with Gasteiger partial charge in [-0.1, -0.05) is 12.1 Å². The number of hydrogen-bond acceptors (Lipinski definition) is 4. The number of aromatic nitrogens is 2. The van der Waals surface area contributed by atoms with Crippen LogP contribution in [0.5, 0.6) is 0 Å². The highest BCUT2D eigenvalue weighted by atomic mass is 16.3. The molecule has 1 aliphatic heterocycles. The lowest BCUT2D eigenvalue weighted by Crippen LogP contribution is -2.38. The van der Waals surface area contributed by atoms with Crippen LogP contribution in [0.25, 0.3) is 11.1 Å². The van der Waals surface area contributed by atoms with E-state index in [1.807, 2.05) is 43.0 Å². The van der Waals surface area contributed by atoms with E-state index in [0.717, 1.165) is 41.1 Å². The number of benzene rings is 1. The number of nitrogens with zero attached hydrogens (tertiary/aromatic N) is 2. The molecule has 140 valence electrons. The van der Waals surface area contributed by atoms with E-state index in [0.29, 0.717) is 24.3 Å². The van der Waals surface area contributed by atoms with E-state index < -0.39 is 0 Å². The number of likely N-dealkylation sites (tertiary alicyclic amines) is 1. The van der Waals surface area contributed by atoms with E-state index in [-0.39, 0.29) is 17.6 Å². The Morgan fingerprint density at radius 2 is 1.89 bits per heavy atom. The fourth-order valence-corrected chi connectivity index (χ4v) is 4.04. The second-order valence-corrected chi connectivity index (χ2v) is 7.27. The Morgan fingerprint density at radius 1 is 1.19 bits per heavy atom. The van der Waals surface area contributed by atoms with E-state index >= 15 is 0 Å². The third kappa shape index (κ3) is 3.05. The average Bonchev–Trinajstić information content (AvgIpc) is 3.22. The fourth-order valence-electron chi connectivity index (χ4n) is 4.04. The van der Waals surface area contributed by atoms with E-state index in [4.69, 9.17) is 4.42 Å². The van der Waals surface area contributed by atoms with Crippen LogP contribution in [0.1, 0.15) is 63.7 Å². The Kier molecular flexibility index (Phi) is 4.34. The summed E-state index contributed by atoms with van der Waals surface area (Å²) in [5.41, 5.74) is 4.33. The van der Waals surface area contributed by atoms with Gasteiger partial charge in [0.1, 0.15) is 11.2 Å². The number of rotatable bonds is 3. The van der Waals surface area contributed by atoms with Crippen LogP contribution in [-0.2, 0) is 0 Å². The molecular weight excluding hydrogens is 342 g/mol. The van der Waals surface area contributed by atoms with Crippen LogP contribution >= 0.6 is 0 Å². The second-order valence-electron chi connectivity index (χ2n) is 7.27. The summed E-state index contributed by atoms with van der Waals surface area (Å²) in [5, 5.41) is 0. The number of carbonyl (C=O) groups is 2. The molecule has 6 nitrogen and oxygen atoms in total. The standard InChI is InChI=1S/C21H23N3O3/c1-12-18(14(3)25)13(2)22-19(12)21(26)24-10-8-15(9-11-24)20-23-16-6-4-5-7-17(16)27-20/h4-7,15,22H,8-11H2,1-3H3. The highest BCUT2D eigenvalue weighted by Gasteiger charge is 2.30. The molecule has 1 amide bonds. The van der Waals surface area contributed by atoms with E-state index in [9.17, 15) is 9.59 Å². The van der Waals surface area contributed by atoms with Gasteiger partial charge in [-0.2, -0.15) is 0 Å². The second kappa shape index (κ2) is 6.68. The van der Waals surface area contributed by atoms with E-state index in [1.54, 1.807) is 0 Å². The Labute approximate surface area is 157 Å². The molecule has 1 aromatic carbocycles. The van der Waals surface area contributed by atoms with Gasteiger partial charge >= 0.3 is 0 Å². The van der Waals surface area contributed by atoms with Crippen molar-refractivity contribution < 1.29 is 14.0 Å². The molecule has 1 fully saturated rings. The summed E-state index contributed by atoms with van der Waals surface area (Å²) >= 11 is 0. The number of amides is 1. The van der Waals surface area contributed by atoms with Gasteiger partial charge in [0.15, 0.2) is 17.3 Å². The number of aryl methyl sites for hydroxylation is 1. The molecule has 0 radical (unpaired) electrons. The number of oxazole rings is 1. The van der Waals surface area contributed by atoms with Gasteiger partial charge in [0.25, 0.3) is 5.91 Å². The molecule has 0 aliphatic carbocycles. The number of Topliss-reactive ketones (excluding diaryl/α,β-unsaturated/α-hetero) is 1. The molecule has 1 N–H and O–H groups in total. The summed E-state index contributed by atoms with van der Waals surface area (Å²) in [6, 6.07) is 7.76. The SMILES string of the molecule is CC(=O)c1c(C)[nH]c(C(=O)N2CCC(c3nc4ccccc4o3)CC2)c1C. The highest BCUT2D eigenvalue weighted by molar-refractivity contribution is 6.02. The summed E-state index contributed by atoms with van der Waals surface area (Å²) in [7, 11) is 0. The van der Waals surface area contributed by atoms with Crippen molar-refractivity contribution in [2.45, 2.75) is 39.5 Å². The first-order valence-corrected chi connectivity index (χ1v) is 9.30. The molecule has 1 saturated heterocycles. The smallest absolute Gasteiger partial charge is 0.270 e. The van der Waals surface area contributed by atoms with Gasteiger partial charge in [0, 0.05) is 30.3 Å². The molecular formula is C21H23N3O3. The van der Waals surface area contributed by atoms with Gasteiger partial charge in [0.05, 0.1) is 0 Å². The van der Waals surface area contributed by atoms with Crippen molar-refractivity contribution in [2.24, 2.45) is 0 Å². The Morgan fingerprint density at radius 3 is 2.52 bits per heavy atom. The number of aromatic amines is 1. The lowest BCUT2D eigenvalue weighted by molar-refractivity contribution is 0.0700. The van der Waals surface area contributed by atoms with Crippen LogP contribution < -0.4 is 0 Å². The van der Waals surface area contributed by atoms with Crippen LogP contribution in [0, 0.1) is 13.8 Å². The monoisotopic (exact) mass is 365 g/mol. The molecule has 0 saturated carbocycles.